The van der Waals surface area contributed by atoms with Crippen LogP contribution >= 0.6 is 12.4 Å². The first kappa shape index (κ1) is 17.5. The SMILES string of the molecule is Cl.NC1(C(=O)NCC(c2ccccc2)c2c[nH]c3ccccc23)CC1. The largest absolute Gasteiger partial charge is 0.361 e. The molecular weight excluding hydrogens is 334 g/mol. The molecule has 0 aliphatic heterocycles. The van der Waals surface area contributed by atoms with E-state index in [9.17, 15) is 4.79 Å². The Morgan fingerprint density at radius 2 is 1.80 bits per heavy atom. The second kappa shape index (κ2) is 6.90. The van der Waals surface area contributed by atoms with E-state index >= 15 is 0 Å². The first-order valence-corrected chi connectivity index (χ1v) is 8.35. The van der Waals surface area contributed by atoms with E-state index in [1.165, 1.54) is 16.5 Å². The average Bonchev–Trinajstić information content (AvgIpc) is 3.24. The van der Waals surface area contributed by atoms with Crippen LogP contribution in [0.15, 0.2) is 60.8 Å². The van der Waals surface area contributed by atoms with Gasteiger partial charge in [0, 0.05) is 29.6 Å². The first-order chi connectivity index (χ1) is 11.7. The second-order valence-corrected chi connectivity index (χ2v) is 6.62. The molecule has 2 aromatic carbocycles. The molecule has 1 aromatic heterocycles. The zero-order valence-electron chi connectivity index (χ0n) is 13.9. The lowest BCUT2D eigenvalue weighted by molar-refractivity contribution is -0.123. The zero-order chi connectivity index (χ0) is 16.6. The molecule has 1 atom stereocenters. The predicted octanol–water partition coefficient (Wildman–Crippen LogP) is 3.33. The maximum absolute atomic E-state index is 12.3. The van der Waals surface area contributed by atoms with E-state index in [1.54, 1.807) is 0 Å². The van der Waals surface area contributed by atoms with Crippen LogP contribution in [0.4, 0.5) is 0 Å². The Hall–Kier alpha value is -2.30. The smallest absolute Gasteiger partial charge is 0.240 e. The molecule has 4 N–H and O–H groups in total. The van der Waals surface area contributed by atoms with E-state index in [0.717, 1.165) is 18.4 Å². The molecule has 0 saturated heterocycles. The summed E-state index contributed by atoms with van der Waals surface area (Å²) in [4.78, 5) is 15.6. The van der Waals surface area contributed by atoms with Crippen LogP contribution in [0.5, 0.6) is 0 Å². The van der Waals surface area contributed by atoms with Crippen molar-refractivity contribution in [3.8, 4) is 0 Å². The van der Waals surface area contributed by atoms with Gasteiger partial charge in [-0.1, -0.05) is 48.5 Å². The van der Waals surface area contributed by atoms with E-state index in [0.29, 0.717) is 6.54 Å². The number of nitrogens with one attached hydrogen (secondary N) is 2. The van der Waals surface area contributed by atoms with Gasteiger partial charge in [0.25, 0.3) is 0 Å². The van der Waals surface area contributed by atoms with Crippen LogP contribution < -0.4 is 11.1 Å². The molecule has 1 aliphatic rings. The summed E-state index contributed by atoms with van der Waals surface area (Å²) in [5.41, 5.74) is 8.86. The fourth-order valence-corrected chi connectivity index (χ4v) is 3.21. The van der Waals surface area contributed by atoms with Crippen molar-refractivity contribution < 1.29 is 4.79 Å². The summed E-state index contributed by atoms with van der Waals surface area (Å²) >= 11 is 0. The zero-order valence-corrected chi connectivity index (χ0v) is 14.7. The number of amides is 1. The summed E-state index contributed by atoms with van der Waals surface area (Å²) < 4.78 is 0. The van der Waals surface area contributed by atoms with Crippen LogP contribution in [0.3, 0.4) is 0 Å². The number of rotatable bonds is 5. The summed E-state index contributed by atoms with van der Waals surface area (Å²) in [6.45, 7) is 0.545. The van der Waals surface area contributed by atoms with E-state index in [4.69, 9.17) is 5.73 Å². The lowest BCUT2D eigenvalue weighted by Crippen LogP contribution is -2.44. The van der Waals surface area contributed by atoms with Gasteiger partial charge in [-0.2, -0.15) is 0 Å². The van der Waals surface area contributed by atoms with Crippen molar-refractivity contribution in [2.24, 2.45) is 5.73 Å². The van der Waals surface area contributed by atoms with Crippen LogP contribution in [-0.4, -0.2) is 23.0 Å². The van der Waals surface area contributed by atoms with E-state index in [-0.39, 0.29) is 24.2 Å². The average molecular weight is 356 g/mol. The number of aromatic nitrogens is 1. The van der Waals surface area contributed by atoms with Crippen molar-refractivity contribution in [1.82, 2.24) is 10.3 Å². The van der Waals surface area contributed by atoms with Crippen LogP contribution in [0.25, 0.3) is 10.9 Å². The van der Waals surface area contributed by atoms with Crippen LogP contribution in [-0.2, 0) is 4.79 Å². The van der Waals surface area contributed by atoms with Gasteiger partial charge in [-0.25, -0.2) is 0 Å². The standard InChI is InChI=1S/C20H21N3O.ClH/c21-20(10-11-20)19(24)23-12-16(14-6-2-1-3-7-14)17-13-22-18-9-5-4-8-15(17)18;/h1-9,13,16,22H,10-12,21H2,(H,23,24);1H. The first-order valence-electron chi connectivity index (χ1n) is 8.35. The molecule has 1 heterocycles. The highest BCUT2D eigenvalue weighted by Gasteiger charge is 2.45. The lowest BCUT2D eigenvalue weighted by atomic mass is 9.91. The van der Waals surface area contributed by atoms with Crippen molar-refractivity contribution in [3.05, 3.63) is 71.9 Å². The third-order valence-corrected chi connectivity index (χ3v) is 4.91. The Balaban J connectivity index is 0.00000182. The van der Waals surface area contributed by atoms with E-state index in [1.807, 2.05) is 36.5 Å². The molecule has 4 nitrogen and oxygen atoms in total. The number of halogens is 1. The van der Waals surface area contributed by atoms with Crippen LogP contribution in [0, 0.1) is 0 Å². The number of aromatic amines is 1. The monoisotopic (exact) mass is 355 g/mol. The maximum atomic E-state index is 12.3. The number of carbonyl (C=O) groups excluding carboxylic acids is 1. The number of para-hydroxylation sites is 1. The molecule has 0 bridgehead atoms. The molecule has 1 unspecified atom stereocenters. The number of fused-ring (bicyclic) bond motifs is 1. The van der Waals surface area contributed by atoms with Crippen molar-refractivity contribution in [2.75, 3.05) is 6.54 Å². The fourth-order valence-electron chi connectivity index (χ4n) is 3.21. The van der Waals surface area contributed by atoms with Crippen molar-refractivity contribution in [3.63, 3.8) is 0 Å². The lowest BCUT2D eigenvalue weighted by Gasteiger charge is -2.19. The van der Waals surface area contributed by atoms with Crippen LogP contribution in [0.1, 0.15) is 29.9 Å². The minimum Gasteiger partial charge on any atom is -0.361 e. The molecule has 5 heteroatoms. The predicted molar refractivity (Wildman–Crippen MR) is 103 cm³/mol. The molecule has 1 amide bonds. The van der Waals surface area contributed by atoms with Crippen molar-refractivity contribution in [2.45, 2.75) is 24.3 Å². The molecule has 25 heavy (non-hydrogen) atoms. The molecule has 1 saturated carbocycles. The third-order valence-electron chi connectivity index (χ3n) is 4.91. The number of carbonyl (C=O) groups is 1. The Labute approximate surface area is 153 Å². The Bertz CT molecular complexity index is 871. The fraction of sp³-hybridized carbons (Fsp3) is 0.250. The Kier molecular flexibility index (Phi) is 4.84. The minimum absolute atomic E-state index is 0. The van der Waals surface area contributed by atoms with Crippen LogP contribution in [0.2, 0.25) is 0 Å². The van der Waals surface area contributed by atoms with E-state index in [2.05, 4.69) is 34.6 Å². The molecule has 0 spiro atoms. The highest BCUT2D eigenvalue weighted by molar-refractivity contribution is 5.89. The molecule has 1 fully saturated rings. The summed E-state index contributed by atoms with van der Waals surface area (Å²) in [7, 11) is 0. The minimum atomic E-state index is -0.637. The summed E-state index contributed by atoms with van der Waals surface area (Å²) in [5.74, 6) is 0.0527. The molecule has 4 rings (SSSR count). The van der Waals surface area contributed by atoms with E-state index < -0.39 is 5.54 Å². The number of H-pyrrole nitrogens is 1. The highest BCUT2D eigenvalue weighted by Crippen LogP contribution is 2.33. The van der Waals surface area contributed by atoms with Gasteiger partial charge >= 0.3 is 0 Å². The second-order valence-electron chi connectivity index (χ2n) is 6.62. The maximum Gasteiger partial charge on any atom is 0.240 e. The van der Waals surface area contributed by atoms with Gasteiger partial charge in [-0.05, 0) is 30.0 Å². The van der Waals surface area contributed by atoms with Crippen molar-refractivity contribution in [1.29, 1.82) is 0 Å². The summed E-state index contributed by atoms with van der Waals surface area (Å²) in [6.07, 6.45) is 3.60. The topological polar surface area (TPSA) is 70.9 Å². The Morgan fingerprint density at radius 1 is 1.12 bits per heavy atom. The molecule has 3 aromatic rings. The van der Waals surface area contributed by atoms with Gasteiger partial charge in [-0.3, -0.25) is 4.79 Å². The number of benzene rings is 2. The Morgan fingerprint density at radius 3 is 2.52 bits per heavy atom. The quantitative estimate of drug-likeness (QED) is 0.657. The number of hydrogen-bond donors (Lipinski definition) is 3. The van der Waals surface area contributed by atoms with Gasteiger partial charge in [0.05, 0.1) is 5.54 Å². The summed E-state index contributed by atoms with van der Waals surface area (Å²) in [6, 6.07) is 18.5. The normalized spacial score (nSPS) is 16.0. The van der Waals surface area contributed by atoms with Gasteiger partial charge in [0.2, 0.25) is 5.91 Å². The van der Waals surface area contributed by atoms with Gasteiger partial charge in [-0.15, -0.1) is 12.4 Å². The third kappa shape index (κ3) is 3.41. The number of nitrogens with two attached hydrogens (primary N) is 1. The van der Waals surface area contributed by atoms with Gasteiger partial charge in [0.1, 0.15) is 0 Å². The molecule has 0 radical (unpaired) electrons. The van der Waals surface area contributed by atoms with Gasteiger partial charge < -0.3 is 16.0 Å². The van der Waals surface area contributed by atoms with Crippen molar-refractivity contribution >= 4 is 29.2 Å². The molecular formula is C20H22ClN3O. The molecule has 1 aliphatic carbocycles. The highest BCUT2D eigenvalue weighted by atomic mass is 35.5. The van der Waals surface area contributed by atoms with Gasteiger partial charge in [0.15, 0.2) is 0 Å². The number of hydrogen-bond acceptors (Lipinski definition) is 2. The molecule has 130 valence electrons. The summed E-state index contributed by atoms with van der Waals surface area (Å²) in [5, 5.41) is 4.25.